The Bertz CT molecular complexity index is 1120. The van der Waals surface area contributed by atoms with E-state index in [0.717, 1.165) is 41.7 Å². The third-order valence-corrected chi connectivity index (χ3v) is 8.68. The molecular formula is C32H54N6O8. The highest BCUT2D eigenvalue weighted by Gasteiger charge is 2.43. The van der Waals surface area contributed by atoms with Gasteiger partial charge in [-0.05, 0) is 67.1 Å². The number of imide groups is 2. The number of ether oxygens (including phenoxy) is 2. The zero-order valence-electron chi connectivity index (χ0n) is 28.5. The monoisotopic (exact) mass is 650 g/mol. The average molecular weight is 651 g/mol. The van der Waals surface area contributed by atoms with Crippen LogP contribution >= 0.6 is 0 Å². The predicted octanol–water partition coefficient (Wildman–Crippen LogP) is 4.11. The maximum Gasteiger partial charge on any atom is 0.407 e. The van der Waals surface area contributed by atoms with E-state index in [1.807, 2.05) is 13.8 Å². The van der Waals surface area contributed by atoms with E-state index < -0.39 is 24.2 Å². The summed E-state index contributed by atoms with van der Waals surface area (Å²) in [5.41, 5.74) is -0.884. The predicted molar refractivity (Wildman–Crippen MR) is 171 cm³/mol. The minimum atomic E-state index is -0.644. The van der Waals surface area contributed by atoms with Crippen molar-refractivity contribution in [3.63, 3.8) is 0 Å². The van der Waals surface area contributed by atoms with Crippen molar-refractivity contribution in [2.24, 2.45) is 21.7 Å². The second kappa shape index (κ2) is 16.1. The van der Waals surface area contributed by atoms with Gasteiger partial charge in [0.2, 0.25) is 12.8 Å². The van der Waals surface area contributed by atoms with Crippen molar-refractivity contribution in [1.29, 1.82) is 0 Å². The third kappa shape index (κ3) is 12.2. The molecule has 46 heavy (non-hydrogen) atoms. The summed E-state index contributed by atoms with van der Waals surface area (Å²) in [6.07, 6.45) is 5.07. The number of carbonyl (C=O) groups excluding carboxylic acids is 6. The Morgan fingerprint density at radius 2 is 1.17 bits per heavy atom. The van der Waals surface area contributed by atoms with E-state index >= 15 is 0 Å². The fourth-order valence-electron chi connectivity index (χ4n) is 7.63. The van der Waals surface area contributed by atoms with Crippen LogP contribution in [0.15, 0.2) is 12.8 Å². The van der Waals surface area contributed by atoms with Crippen LogP contribution in [0.2, 0.25) is 0 Å². The molecule has 2 fully saturated rings. The standard InChI is InChI=1S/C32H54N6O8/c1-9-37(21-39)25(41)35-23-13-29(3,4)17-31(7,15-23)19-33-27(43)45-11-12-46-28(44)34-20-32(8)16-24(14-30(5,6)18-32)36-26(42)38(10-2)22-40/h9,21-24H,1,10-20H2,2-8H3,(H,33,43)(H,34,44)(H,35,41)(H,36,42). The first-order valence-corrected chi connectivity index (χ1v) is 15.9. The van der Waals surface area contributed by atoms with Gasteiger partial charge in [0, 0.05) is 37.9 Å². The summed E-state index contributed by atoms with van der Waals surface area (Å²) in [6, 6.07) is -1.33. The number of amides is 8. The van der Waals surface area contributed by atoms with Crippen LogP contribution in [-0.2, 0) is 19.1 Å². The highest BCUT2D eigenvalue weighted by atomic mass is 16.6. The summed E-state index contributed by atoms with van der Waals surface area (Å²) in [4.78, 5) is 73.8. The van der Waals surface area contributed by atoms with E-state index in [4.69, 9.17) is 9.47 Å². The van der Waals surface area contributed by atoms with Crippen molar-refractivity contribution in [1.82, 2.24) is 31.1 Å². The molecule has 8 amide bonds. The molecule has 2 aliphatic rings. The van der Waals surface area contributed by atoms with Crippen LogP contribution in [0.5, 0.6) is 0 Å². The lowest BCUT2D eigenvalue weighted by molar-refractivity contribution is -0.115. The molecule has 0 aliphatic heterocycles. The molecule has 2 saturated carbocycles. The van der Waals surface area contributed by atoms with Gasteiger partial charge in [-0.25, -0.2) is 24.1 Å². The summed E-state index contributed by atoms with van der Waals surface area (Å²) in [5.74, 6) is 0. The molecule has 14 heteroatoms. The smallest absolute Gasteiger partial charge is 0.407 e. The Hall–Kier alpha value is -3.84. The number of nitrogens with one attached hydrogen (secondary N) is 4. The largest absolute Gasteiger partial charge is 0.446 e. The molecule has 4 N–H and O–H groups in total. The molecule has 2 rings (SSSR count). The van der Waals surface area contributed by atoms with Crippen LogP contribution in [0.4, 0.5) is 19.2 Å². The average Bonchev–Trinajstić information content (AvgIpc) is 2.92. The molecule has 14 nitrogen and oxygen atoms in total. The van der Waals surface area contributed by atoms with E-state index in [-0.39, 0.29) is 53.5 Å². The van der Waals surface area contributed by atoms with E-state index in [1.165, 1.54) is 0 Å². The van der Waals surface area contributed by atoms with Crippen LogP contribution in [-0.4, -0.2) is 91.8 Å². The van der Waals surface area contributed by atoms with Gasteiger partial charge in [-0.15, -0.1) is 0 Å². The van der Waals surface area contributed by atoms with Crippen molar-refractivity contribution >= 4 is 37.1 Å². The third-order valence-electron chi connectivity index (χ3n) is 8.68. The van der Waals surface area contributed by atoms with Gasteiger partial charge in [-0.3, -0.25) is 14.5 Å². The lowest BCUT2D eigenvalue weighted by Gasteiger charge is -2.47. The highest BCUT2D eigenvalue weighted by molar-refractivity contribution is 5.86. The molecule has 0 aromatic rings. The molecule has 260 valence electrons. The summed E-state index contributed by atoms with van der Waals surface area (Å²) >= 11 is 0. The van der Waals surface area contributed by atoms with E-state index in [2.05, 4.69) is 55.5 Å². The summed E-state index contributed by atoms with van der Waals surface area (Å²) in [6.45, 7) is 18.3. The summed E-state index contributed by atoms with van der Waals surface area (Å²) in [5, 5.41) is 11.4. The van der Waals surface area contributed by atoms with Gasteiger partial charge in [0.15, 0.2) is 0 Å². The van der Waals surface area contributed by atoms with Crippen LogP contribution in [0.25, 0.3) is 0 Å². The Morgan fingerprint density at radius 3 is 1.54 bits per heavy atom. The lowest BCUT2D eigenvalue weighted by atomic mass is 9.62. The number of hydrogen-bond donors (Lipinski definition) is 4. The quantitative estimate of drug-likeness (QED) is 0.170. The molecule has 0 spiro atoms. The van der Waals surface area contributed by atoms with Crippen LogP contribution in [0.1, 0.15) is 87.0 Å². The fourth-order valence-corrected chi connectivity index (χ4v) is 7.63. The zero-order chi connectivity index (χ0) is 34.8. The van der Waals surface area contributed by atoms with Gasteiger partial charge in [0.25, 0.3) is 0 Å². The van der Waals surface area contributed by atoms with E-state index in [9.17, 15) is 28.8 Å². The number of nitrogens with zero attached hydrogens (tertiary/aromatic N) is 2. The van der Waals surface area contributed by atoms with Crippen molar-refractivity contribution in [3.05, 3.63) is 12.8 Å². The van der Waals surface area contributed by atoms with Gasteiger partial charge < -0.3 is 30.7 Å². The molecule has 4 unspecified atom stereocenters. The lowest BCUT2D eigenvalue weighted by Crippen LogP contribution is -2.52. The minimum absolute atomic E-state index is 0.0989. The molecular weight excluding hydrogens is 596 g/mol. The van der Waals surface area contributed by atoms with Crippen LogP contribution < -0.4 is 21.3 Å². The molecule has 4 atom stereocenters. The maximum absolute atomic E-state index is 12.4. The first-order valence-electron chi connectivity index (χ1n) is 15.9. The Morgan fingerprint density at radius 1 is 0.739 bits per heavy atom. The molecule has 0 aromatic heterocycles. The van der Waals surface area contributed by atoms with Gasteiger partial charge in [0.1, 0.15) is 13.2 Å². The zero-order valence-corrected chi connectivity index (χ0v) is 28.5. The Balaban J connectivity index is 1.77. The normalized spacial score (nSPS) is 26.3. The number of carbonyl (C=O) groups is 6. The molecule has 0 bridgehead atoms. The minimum Gasteiger partial charge on any atom is -0.446 e. The second-order valence-electron chi connectivity index (χ2n) is 15.0. The highest BCUT2D eigenvalue weighted by Crippen LogP contribution is 2.47. The fraction of sp³-hybridized carbons (Fsp3) is 0.750. The SMILES string of the molecule is C=CN(C=O)C(=O)NC1CC(C)(C)CC(C)(CNC(=O)OCCOC(=O)NCC2(C)CC(NC(=O)N(C=O)CC)CC(C)(C)C2)C1. The number of alkyl carbamates (subject to hydrolysis) is 2. The van der Waals surface area contributed by atoms with Crippen LogP contribution in [0.3, 0.4) is 0 Å². The van der Waals surface area contributed by atoms with Gasteiger partial charge in [-0.2, -0.15) is 0 Å². The molecule has 0 heterocycles. The first-order chi connectivity index (χ1) is 21.4. The topological polar surface area (TPSA) is 175 Å². The summed E-state index contributed by atoms with van der Waals surface area (Å²) in [7, 11) is 0. The molecule has 0 saturated heterocycles. The number of hydrogen-bond acceptors (Lipinski definition) is 8. The summed E-state index contributed by atoms with van der Waals surface area (Å²) < 4.78 is 10.4. The first kappa shape index (κ1) is 38.3. The van der Waals surface area contributed by atoms with Gasteiger partial charge >= 0.3 is 24.2 Å². The van der Waals surface area contributed by atoms with Crippen molar-refractivity contribution in [3.8, 4) is 0 Å². The molecule has 2 aliphatic carbocycles. The number of urea groups is 2. The van der Waals surface area contributed by atoms with Crippen LogP contribution in [0, 0.1) is 21.7 Å². The Labute approximate surface area is 272 Å². The van der Waals surface area contributed by atoms with E-state index in [1.54, 1.807) is 6.92 Å². The van der Waals surface area contributed by atoms with Gasteiger partial charge in [-0.1, -0.05) is 48.1 Å². The van der Waals surface area contributed by atoms with Crippen molar-refractivity contribution in [2.75, 3.05) is 32.8 Å². The maximum atomic E-state index is 12.4. The molecule has 0 radical (unpaired) electrons. The van der Waals surface area contributed by atoms with Gasteiger partial charge in [0.05, 0.1) is 0 Å². The number of rotatable bonds is 13. The second-order valence-corrected chi connectivity index (χ2v) is 15.0. The van der Waals surface area contributed by atoms with Crippen molar-refractivity contribution < 1.29 is 38.2 Å². The Kier molecular flexibility index (Phi) is 13.4. The van der Waals surface area contributed by atoms with Crippen molar-refractivity contribution in [2.45, 2.75) is 99.1 Å². The van der Waals surface area contributed by atoms with E-state index in [0.29, 0.717) is 38.8 Å². The molecule has 0 aromatic carbocycles.